The van der Waals surface area contributed by atoms with E-state index in [0.29, 0.717) is 5.69 Å². The van der Waals surface area contributed by atoms with Crippen molar-refractivity contribution < 1.29 is 18.0 Å². The molecule has 3 aromatic rings. The first kappa shape index (κ1) is 29.3. The molecule has 0 radical (unpaired) electrons. The summed E-state index contributed by atoms with van der Waals surface area (Å²) in [7, 11) is -4.08. The van der Waals surface area contributed by atoms with Gasteiger partial charge >= 0.3 is 0 Å². The number of hydrogen-bond donors (Lipinski definition) is 1. The average Bonchev–Trinajstić information content (AvgIpc) is 3.45. The minimum atomic E-state index is -4.08. The van der Waals surface area contributed by atoms with Crippen molar-refractivity contribution in [3.05, 3.63) is 95.1 Å². The summed E-state index contributed by atoms with van der Waals surface area (Å²) in [4.78, 5) is 29.0. The molecule has 0 saturated heterocycles. The van der Waals surface area contributed by atoms with Gasteiger partial charge in [0, 0.05) is 12.6 Å². The fourth-order valence-electron chi connectivity index (χ4n) is 5.18. The van der Waals surface area contributed by atoms with Crippen molar-refractivity contribution >= 4 is 27.5 Å². The highest BCUT2D eigenvalue weighted by Crippen LogP contribution is 2.28. The molecule has 40 heavy (non-hydrogen) atoms. The molecule has 0 bridgehead atoms. The fourth-order valence-corrected chi connectivity index (χ4v) is 6.68. The van der Waals surface area contributed by atoms with E-state index in [2.05, 4.69) is 5.32 Å². The van der Waals surface area contributed by atoms with Crippen molar-refractivity contribution in [2.45, 2.75) is 76.9 Å². The van der Waals surface area contributed by atoms with Crippen LogP contribution in [0.3, 0.4) is 0 Å². The van der Waals surface area contributed by atoms with Gasteiger partial charge in [0.15, 0.2) is 0 Å². The van der Waals surface area contributed by atoms with E-state index in [9.17, 15) is 18.0 Å². The molecule has 0 spiro atoms. The molecule has 0 aromatic heterocycles. The van der Waals surface area contributed by atoms with Crippen molar-refractivity contribution in [1.29, 1.82) is 0 Å². The summed E-state index contributed by atoms with van der Waals surface area (Å²) in [5.41, 5.74) is 4.11. The molecule has 1 N–H and O–H groups in total. The molecule has 212 valence electrons. The van der Waals surface area contributed by atoms with Crippen LogP contribution in [0.4, 0.5) is 5.69 Å². The predicted octanol–water partition coefficient (Wildman–Crippen LogP) is 5.28. The van der Waals surface area contributed by atoms with Crippen LogP contribution in [0.15, 0.2) is 77.7 Å². The van der Waals surface area contributed by atoms with Gasteiger partial charge in [-0.3, -0.25) is 13.9 Å². The Morgan fingerprint density at radius 2 is 1.52 bits per heavy atom. The normalized spacial score (nSPS) is 14.5. The van der Waals surface area contributed by atoms with Gasteiger partial charge in [-0.2, -0.15) is 0 Å². The minimum Gasteiger partial charge on any atom is -0.352 e. The van der Waals surface area contributed by atoms with Gasteiger partial charge in [-0.05, 0) is 69.9 Å². The van der Waals surface area contributed by atoms with Crippen molar-refractivity contribution in [2.24, 2.45) is 0 Å². The maximum Gasteiger partial charge on any atom is 0.264 e. The zero-order chi connectivity index (χ0) is 28.9. The van der Waals surface area contributed by atoms with Gasteiger partial charge in [-0.1, -0.05) is 78.6 Å². The lowest BCUT2D eigenvalue weighted by molar-refractivity contribution is -0.139. The number of benzene rings is 3. The second kappa shape index (κ2) is 12.7. The molecule has 1 aliphatic rings. The number of nitrogens with zero attached hydrogens (tertiary/aromatic N) is 2. The highest BCUT2D eigenvalue weighted by Gasteiger charge is 2.33. The van der Waals surface area contributed by atoms with Gasteiger partial charge in [-0.15, -0.1) is 0 Å². The molecule has 1 unspecified atom stereocenters. The predicted molar refractivity (Wildman–Crippen MR) is 158 cm³/mol. The third-order valence-electron chi connectivity index (χ3n) is 7.57. The van der Waals surface area contributed by atoms with Crippen LogP contribution in [0, 0.1) is 20.8 Å². The van der Waals surface area contributed by atoms with Gasteiger partial charge in [0.25, 0.3) is 10.0 Å². The Morgan fingerprint density at radius 1 is 0.900 bits per heavy atom. The molecule has 4 rings (SSSR count). The second-order valence-electron chi connectivity index (χ2n) is 10.8. The summed E-state index contributed by atoms with van der Waals surface area (Å²) in [6.45, 7) is 7.22. The molecule has 1 saturated carbocycles. The Morgan fingerprint density at radius 3 is 2.15 bits per heavy atom. The van der Waals surface area contributed by atoms with Gasteiger partial charge in [-0.25, -0.2) is 8.42 Å². The number of rotatable bonds is 10. The first-order valence-electron chi connectivity index (χ1n) is 13.9. The lowest BCUT2D eigenvalue weighted by atomic mass is 10.1. The molecule has 2 amide bonds. The molecule has 3 aromatic carbocycles. The third-order valence-corrected chi connectivity index (χ3v) is 9.35. The monoisotopic (exact) mass is 561 g/mol. The number of carbonyl (C=O) groups is 2. The molecule has 7 nitrogen and oxygen atoms in total. The summed E-state index contributed by atoms with van der Waals surface area (Å²) < 4.78 is 29.0. The van der Waals surface area contributed by atoms with Crippen LogP contribution < -0.4 is 9.62 Å². The van der Waals surface area contributed by atoms with Crippen LogP contribution in [0.25, 0.3) is 0 Å². The average molecular weight is 562 g/mol. The highest BCUT2D eigenvalue weighted by atomic mass is 32.2. The van der Waals surface area contributed by atoms with Crippen molar-refractivity contribution in [1.82, 2.24) is 10.2 Å². The van der Waals surface area contributed by atoms with E-state index < -0.39 is 28.5 Å². The van der Waals surface area contributed by atoms with Crippen LogP contribution in [0.5, 0.6) is 0 Å². The zero-order valence-corrected chi connectivity index (χ0v) is 24.6. The number of sulfonamides is 1. The topological polar surface area (TPSA) is 86.8 Å². The zero-order valence-electron chi connectivity index (χ0n) is 23.8. The largest absolute Gasteiger partial charge is 0.352 e. The first-order chi connectivity index (χ1) is 19.1. The Balaban J connectivity index is 1.70. The maximum atomic E-state index is 14.1. The van der Waals surface area contributed by atoms with E-state index in [1.165, 1.54) is 21.3 Å². The summed E-state index contributed by atoms with van der Waals surface area (Å²) in [6.07, 6.45) is 4.02. The van der Waals surface area contributed by atoms with Gasteiger partial charge < -0.3 is 10.2 Å². The Hall–Kier alpha value is -3.65. The number of anilines is 1. The van der Waals surface area contributed by atoms with Gasteiger partial charge in [0.2, 0.25) is 11.8 Å². The van der Waals surface area contributed by atoms with E-state index >= 15 is 0 Å². The summed E-state index contributed by atoms with van der Waals surface area (Å²) in [5.74, 6) is -0.675. The van der Waals surface area contributed by atoms with E-state index in [-0.39, 0.29) is 23.4 Å². The van der Waals surface area contributed by atoms with E-state index in [0.717, 1.165) is 47.9 Å². The molecule has 1 atom stereocenters. The number of hydrogen-bond acceptors (Lipinski definition) is 4. The first-order valence-corrected chi connectivity index (χ1v) is 15.3. The third kappa shape index (κ3) is 6.91. The Labute approximate surface area is 238 Å². The lowest BCUT2D eigenvalue weighted by Gasteiger charge is -2.33. The van der Waals surface area contributed by atoms with Crippen LogP contribution in [-0.4, -0.2) is 43.8 Å². The van der Waals surface area contributed by atoms with Crippen molar-refractivity contribution in [3.8, 4) is 0 Å². The molecular weight excluding hydrogens is 522 g/mol. The smallest absolute Gasteiger partial charge is 0.264 e. The Bertz CT molecular complexity index is 1430. The van der Waals surface area contributed by atoms with Crippen LogP contribution in [-0.2, 0) is 26.2 Å². The molecular formula is C32H39N3O4S. The maximum absolute atomic E-state index is 14.1. The minimum absolute atomic E-state index is 0.0971. The van der Waals surface area contributed by atoms with Crippen molar-refractivity contribution in [3.63, 3.8) is 0 Å². The van der Waals surface area contributed by atoms with Crippen LogP contribution in [0.1, 0.15) is 54.9 Å². The number of carbonyl (C=O) groups excluding carboxylic acids is 2. The van der Waals surface area contributed by atoms with E-state index in [4.69, 9.17) is 0 Å². The highest BCUT2D eigenvalue weighted by molar-refractivity contribution is 7.92. The second-order valence-corrected chi connectivity index (χ2v) is 12.7. The number of amides is 2. The molecule has 1 fully saturated rings. The SMILES string of the molecule is Cc1ccc(CN(C(=O)CN(c2ccc(C)cc2C)S(=O)(=O)c2ccccc2)C(C)C(=O)NC2CCCC2)cc1. The molecule has 1 aliphatic carbocycles. The molecule has 0 heterocycles. The van der Waals surface area contributed by atoms with Gasteiger partial charge in [0.1, 0.15) is 12.6 Å². The quantitative estimate of drug-likeness (QED) is 0.365. The molecule has 0 aliphatic heterocycles. The van der Waals surface area contributed by atoms with Crippen LogP contribution >= 0.6 is 0 Å². The molecule has 8 heteroatoms. The van der Waals surface area contributed by atoms with E-state index in [1.54, 1.807) is 31.2 Å². The van der Waals surface area contributed by atoms with Gasteiger partial charge in [0.05, 0.1) is 10.6 Å². The lowest BCUT2D eigenvalue weighted by Crippen LogP contribution is -2.52. The number of nitrogens with one attached hydrogen (secondary N) is 1. The van der Waals surface area contributed by atoms with E-state index in [1.807, 2.05) is 57.2 Å². The fraction of sp³-hybridized carbons (Fsp3) is 0.375. The van der Waals surface area contributed by atoms with Crippen molar-refractivity contribution in [2.75, 3.05) is 10.8 Å². The van der Waals surface area contributed by atoms with Crippen LogP contribution in [0.2, 0.25) is 0 Å². The summed E-state index contributed by atoms with van der Waals surface area (Å²) in [6, 6.07) is 20.7. The summed E-state index contributed by atoms with van der Waals surface area (Å²) in [5, 5.41) is 3.10. The standard InChI is InChI=1S/C32H39N3O4S/c1-23-14-17-27(18-15-23)21-34(26(4)32(37)33-28-10-8-9-11-28)31(36)22-35(30-19-16-24(2)20-25(30)3)40(38,39)29-12-6-5-7-13-29/h5-7,12-20,26,28H,8-11,21-22H2,1-4H3,(H,33,37). The number of aryl methyl sites for hydroxylation is 3. The summed E-state index contributed by atoms with van der Waals surface area (Å²) >= 11 is 0. The Kier molecular flexibility index (Phi) is 9.30.